The lowest BCUT2D eigenvalue weighted by molar-refractivity contribution is 0.0985. The number of halogens is 2. The second kappa shape index (κ2) is 4.80. The Morgan fingerprint density at radius 2 is 2.25 bits per heavy atom. The molecule has 1 aromatic heterocycles. The maximum atomic E-state index is 11.3. The first-order valence-electron chi connectivity index (χ1n) is 4.52. The molecule has 0 spiro atoms. The molecule has 0 bridgehead atoms. The molecular weight excluding hydrogens is 293 g/mol. The minimum Gasteiger partial charge on any atom is -0.352 e. The summed E-state index contributed by atoms with van der Waals surface area (Å²) in [6.45, 7) is 0. The molecule has 82 valence electrons. The first-order chi connectivity index (χ1) is 7.70. The highest BCUT2D eigenvalue weighted by Crippen LogP contribution is 2.22. The predicted octanol–water partition coefficient (Wildman–Crippen LogP) is 3.57. The van der Waals surface area contributed by atoms with Crippen LogP contribution in [0.1, 0.15) is 10.6 Å². The predicted molar refractivity (Wildman–Crippen MR) is 65.1 cm³/mol. The van der Waals surface area contributed by atoms with Crippen molar-refractivity contribution in [3.8, 4) is 11.3 Å². The summed E-state index contributed by atoms with van der Waals surface area (Å²) in [4.78, 5) is 11.3. The van der Waals surface area contributed by atoms with Crippen LogP contribution in [0.5, 0.6) is 0 Å². The van der Waals surface area contributed by atoms with Crippen molar-refractivity contribution in [2.24, 2.45) is 0 Å². The van der Waals surface area contributed by atoms with Crippen molar-refractivity contribution in [2.75, 3.05) is 5.33 Å². The second-order valence-corrected chi connectivity index (χ2v) is 4.14. The van der Waals surface area contributed by atoms with E-state index < -0.39 is 0 Å². The van der Waals surface area contributed by atoms with Gasteiger partial charge >= 0.3 is 0 Å². The zero-order valence-corrected chi connectivity index (χ0v) is 10.5. The summed E-state index contributed by atoms with van der Waals surface area (Å²) >= 11 is 8.93. The topological polar surface area (TPSA) is 43.1 Å². The summed E-state index contributed by atoms with van der Waals surface area (Å²) in [5.74, 6) is 0.104. The maximum Gasteiger partial charge on any atom is 0.211 e. The Labute approximate surface area is 106 Å². The van der Waals surface area contributed by atoms with Crippen LogP contribution in [0, 0.1) is 0 Å². The first kappa shape index (κ1) is 11.4. The third-order valence-electron chi connectivity index (χ3n) is 2.03. The first-order valence-corrected chi connectivity index (χ1v) is 6.02. The zero-order chi connectivity index (χ0) is 11.5. The minimum atomic E-state index is -0.138. The Balaban J connectivity index is 2.35. The summed E-state index contributed by atoms with van der Waals surface area (Å²) < 4.78 is 4.94. The van der Waals surface area contributed by atoms with Gasteiger partial charge in [-0.1, -0.05) is 44.8 Å². The highest BCUT2D eigenvalue weighted by Gasteiger charge is 2.12. The van der Waals surface area contributed by atoms with Crippen LogP contribution < -0.4 is 0 Å². The van der Waals surface area contributed by atoms with E-state index >= 15 is 0 Å². The second-order valence-electron chi connectivity index (χ2n) is 3.14. The van der Waals surface area contributed by atoms with Crippen molar-refractivity contribution >= 4 is 33.3 Å². The average molecular weight is 301 g/mol. The number of hydrogen-bond donors (Lipinski definition) is 0. The molecule has 1 heterocycles. The van der Waals surface area contributed by atoms with Crippen molar-refractivity contribution in [3.05, 3.63) is 41.1 Å². The molecule has 0 fully saturated rings. The Morgan fingerprint density at radius 3 is 2.94 bits per heavy atom. The van der Waals surface area contributed by atoms with Crippen molar-refractivity contribution in [1.29, 1.82) is 0 Å². The van der Waals surface area contributed by atoms with Crippen LogP contribution in [0.3, 0.4) is 0 Å². The molecule has 0 amide bonds. The SMILES string of the molecule is O=C(CBr)c1cc(-c2cccc(Cl)c2)no1. The lowest BCUT2D eigenvalue weighted by Crippen LogP contribution is -1.96. The van der Waals surface area contributed by atoms with E-state index in [0.717, 1.165) is 5.56 Å². The van der Waals surface area contributed by atoms with Crippen LogP contribution in [-0.2, 0) is 0 Å². The van der Waals surface area contributed by atoms with E-state index in [4.69, 9.17) is 16.1 Å². The fraction of sp³-hybridized carbons (Fsp3) is 0.0909. The monoisotopic (exact) mass is 299 g/mol. The molecular formula is C11H7BrClNO2. The molecule has 5 heteroatoms. The number of Topliss-reactive ketones (excluding diaryl/α,β-unsaturated/α-hetero) is 1. The van der Waals surface area contributed by atoms with Gasteiger partial charge in [-0.15, -0.1) is 0 Å². The van der Waals surface area contributed by atoms with Crippen LogP contribution in [0.15, 0.2) is 34.9 Å². The van der Waals surface area contributed by atoms with Gasteiger partial charge in [0.15, 0.2) is 0 Å². The van der Waals surface area contributed by atoms with E-state index in [-0.39, 0.29) is 16.9 Å². The fourth-order valence-corrected chi connectivity index (χ4v) is 1.72. The van der Waals surface area contributed by atoms with Crippen molar-refractivity contribution in [2.45, 2.75) is 0 Å². The lowest BCUT2D eigenvalue weighted by Gasteiger charge is -1.94. The van der Waals surface area contributed by atoms with Gasteiger partial charge in [0.25, 0.3) is 0 Å². The number of carbonyl (C=O) groups excluding carboxylic acids is 1. The number of benzene rings is 1. The van der Waals surface area contributed by atoms with Gasteiger partial charge in [0, 0.05) is 16.7 Å². The quantitative estimate of drug-likeness (QED) is 0.643. The van der Waals surface area contributed by atoms with Gasteiger partial charge in [-0.2, -0.15) is 0 Å². The van der Waals surface area contributed by atoms with E-state index in [1.807, 2.05) is 12.1 Å². The zero-order valence-electron chi connectivity index (χ0n) is 8.11. The lowest BCUT2D eigenvalue weighted by atomic mass is 10.1. The Bertz CT molecular complexity index is 524. The third kappa shape index (κ3) is 2.33. The summed E-state index contributed by atoms with van der Waals surface area (Å²) in [6.07, 6.45) is 0. The van der Waals surface area contributed by atoms with E-state index in [2.05, 4.69) is 21.1 Å². The summed E-state index contributed by atoms with van der Waals surface area (Å²) in [6, 6.07) is 8.82. The number of rotatable bonds is 3. The summed E-state index contributed by atoms with van der Waals surface area (Å²) in [5, 5.41) is 4.66. The molecule has 0 atom stereocenters. The number of alkyl halides is 1. The molecule has 2 aromatic rings. The smallest absolute Gasteiger partial charge is 0.211 e. The van der Waals surface area contributed by atoms with Crippen molar-refractivity contribution in [1.82, 2.24) is 5.16 Å². The molecule has 0 aliphatic carbocycles. The van der Waals surface area contributed by atoms with Crippen molar-refractivity contribution in [3.63, 3.8) is 0 Å². The Kier molecular flexibility index (Phi) is 3.41. The van der Waals surface area contributed by atoms with Gasteiger partial charge in [-0.3, -0.25) is 4.79 Å². The average Bonchev–Trinajstić information content (AvgIpc) is 2.77. The molecule has 0 aliphatic heterocycles. The molecule has 0 unspecified atom stereocenters. The normalized spacial score (nSPS) is 10.4. The van der Waals surface area contributed by atoms with E-state index in [1.165, 1.54) is 0 Å². The molecule has 3 nitrogen and oxygen atoms in total. The van der Waals surface area contributed by atoms with Crippen LogP contribution in [0.4, 0.5) is 0 Å². The highest BCUT2D eigenvalue weighted by atomic mass is 79.9. The van der Waals surface area contributed by atoms with Gasteiger partial charge in [0.1, 0.15) is 5.69 Å². The highest BCUT2D eigenvalue weighted by molar-refractivity contribution is 9.09. The van der Waals surface area contributed by atoms with Crippen LogP contribution in [0.25, 0.3) is 11.3 Å². The molecule has 2 rings (SSSR count). The van der Waals surface area contributed by atoms with Gasteiger partial charge in [0.2, 0.25) is 11.5 Å². The number of nitrogens with zero attached hydrogens (tertiary/aromatic N) is 1. The summed E-state index contributed by atoms with van der Waals surface area (Å²) in [5.41, 5.74) is 1.43. The maximum absolute atomic E-state index is 11.3. The minimum absolute atomic E-state index is 0.138. The van der Waals surface area contributed by atoms with E-state index in [9.17, 15) is 4.79 Å². The number of carbonyl (C=O) groups is 1. The summed E-state index contributed by atoms with van der Waals surface area (Å²) in [7, 11) is 0. The van der Waals surface area contributed by atoms with Crippen LogP contribution in [0.2, 0.25) is 5.02 Å². The molecule has 0 N–H and O–H groups in total. The molecule has 0 saturated heterocycles. The number of hydrogen-bond acceptors (Lipinski definition) is 3. The number of aromatic nitrogens is 1. The largest absolute Gasteiger partial charge is 0.352 e. The van der Waals surface area contributed by atoms with Gasteiger partial charge < -0.3 is 4.52 Å². The van der Waals surface area contributed by atoms with Crippen LogP contribution >= 0.6 is 27.5 Å². The Hall–Kier alpha value is -1.13. The van der Waals surface area contributed by atoms with Gasteiger partial charge in [-0.25, -0.2) is 0 Å². The van der Waals surface area contributed by atoms with E-state index in [1.54, 1.807) is 18.2 Å². The van der Waals surface area contributed by atoms with Crippen molar-refractivity contribution < 1.29 is 9.32 Å². The number of ketones is 1. The van der Waals surface area contributed by atoms with Gasteiger partial charge in [-0.05, 0) is 12.1 Å². The molecule has 0 aliphatic rings. The fourth-order valence-electron chi connectivity index (χ4n) is 1.26. The van der Waals surface area contributed by atoms with Gasteiger partial charge in [0.05, 0.1) is 5.33 Å². The third-order valence-corrected chi connectivity index (χ3v) is 2.77. The molecule has 1 aromatic carbocycles. The van der Waals surface area contributed by atoms with E-state index in [0.29, 0.717) is 10.7 Å². The standard InChI is InChI=1S/C11H7BrClNO2/c12-6-10(15)11-5-9(14-16-11)7-2-1-3-8(13)4-7/h1-5H,6H2. The molecule has 0 saturated carbocycles. The Morgan fingerprint density at radius 1 is 1.44 bits per heavy atom. The molecule has 0 radical (unpaired) electrons. The van der Waals surface area contributed by atoms with Crippen LogP contribution in [-0.4, -0.2) is 16.3 Å². The molecule has 16 heavy (non-hydrogen) atoms.